The number of hydrogen-bond acceptors (Lipinski definition) is 5. The van der Waals surface area contributed by atoms with E-state index in [1.54, 1.807) is 11.8 Å². The Morgan fingerprint density at radius 3 is 2.65 bits per heavy atom. The van der Waals surface area contributed by atoms with Gasteiger partial charge in [-0.1, -0.05) is 6.92 Å². The number of nitrogens with two attached hydrogens (primary N) is 1. The van der Waals surface area contributed by atoms with Gasteiger partial charge >= 0.3 is 0 Å². The second-order valence-electron chi connectivity index (χ2n) is 3.73. The van der Waals surface area contributed by atoms with Gasteiger partial charge in [-0.05, 0) is 17.9 Å². The lowest BCUT2D eigenvalue weighted by atomic mass is 10.2. The number of nitrogens with one attached hydrogen (secondary N) is 2. The summed E-state index contributed by atoms with van der Waals surface area (Å²) in [5.41, 5.74) is 2.08. The topological polar surface area (TPSA) is 63.0 Å². The Morgan fingerprint density at radius 2 is 2.06 bits per heavy atom. The minimum absolute atomic E-state index is 0.00676. The Balaban J connectivity index is 2.70. The minimum atomic E-state index is -0.812. The van der Waals surface area contributed by atoms with E-state index < -0.39 is 11.6 Å². The first-order valence-electron chi connectivity index (χ1n) is 5.14. The molecule has 96 valence electrons. The second-order valence-corrected chi connectivity index (χ2v) is 4.65. The van der Waals surface area contributed by atoms with Crippen LogP contribution in [0, 0.1) is 17.6 Å². The Hall–Kier alpha value is -1.08. The molecule has 0 aromatic carbocycles. The molecule has 0 saturated heterocycles. The Labute approximate surface area is 103 Å². The monoisotopic (exact) mass is 262 g/mol. The van der Waals surface area contributed by atoms with Crippen molar-refractivity contribution in [2.75, 3.05) is 29.3 Å². The molecule has 0 aliphatic heterocycles. The van der Waals surface area contributed by atoms with Crippen LogP contribution in [0.25, 0.3) is 0 Å². The van der Waals surface area contributed by atoms with Crippen LogP contribution >= 0.6 is 11.8 Å². The number of nitrogen functional groups attached to an aromatic ring is 1. The summed E-state index contributed by atoms with van der Waals surface area (Å²) < 4.78 is 26.4. The molecule has 1 atom stereocenters. The molecular formula is C10H16F2N4S. The lowest BCUT2D eigenvalue weighted by molar-refractivity contribution is 0.576. The molecule has 1 heterocycles. The maximum atomic E-state index is 13.4. The molecule has 0 spiro atoms. The summed E-state index contributed by atoms with van der Waals surface area (Å²) in [6.45, 7) is 2.60. The highest BCUT2D eigenvalue weighted by Gasteiger charge is 2.11. The van der Waals surface area contributed by atoms with Crippen molar-refractivity contribution in [3.8, 4) is 0 Å². The predicted octanol–water partition coefficient (Wildman–Crippen LogP) is 2.06. The first-order chi connectivity index (χ1) is 8.08. The van der Waals surface area contributed by atoms with Gasteiger partial charge in [0.25, 0.3) is 0 Å². The summed E-state index contributed by atoms with van der Waals surface area (Å²) in [7, 11) is 0. The van der Waals surface area contributed by atoms with Gasteiger partial charge in [0.05, 0.1) is 0 Å². The molecule has 0 amide bonds. The highest BCUT2D eigenvalue weighted by Crippen LogP contribution is 2.18. The van der Waals surface area contributed by atoms with Crippen LogP contribution in [0.5, 0.6) is 0 Å². The lowest BCUT2D eigenvalue weighted by Gasteiger charge is -2.13. The van der Waals surface area contributed by atoms with Gasteiger partial charge in [-0.25, -0.2) is 19.6 Å². The number of thioether (sulfide) groups is 1. The average Bonchev–Trinajstić information content (AvgIpc) is 2.28. The molecule has 0 fully saturated rings. The molecular weight excluding hydrogens is 246 g/mol. The van der Waals surface area contributed by atoms with E-state index in [1.165, 1.54) is 0 Å². The quantitative estimate of drug-likeness (QED) is 0.541. The molecule has 0 radical (unpaired) electrons. The average molecular weight is 262 g/mol. The van der Waals surface area contributed by atoms with Crippen LogP contribution in [0.1, 0.15) is 6.92 Å². The van der Waals surface area contributed by atoms with Crippen molar-refractivity contribution >= 4 is 23.4 Å². The summed E-state index contributed by atoms with van der Waals surface area (Å²) in [6.07, 6.45) is 2.00. The fourth-order valence-electron chi connectivity index (χ4n) is 1.31. The number of anilines is 2. The zero-order valence-electron chi connectivity index (χ0n) is 9.76. The molecule has 1 aromatic heterocycles. The molecule has 1 aromatic rings. The third-order valence-electron chi connectivity index (χ3n) is 2.14. The molecule has 17 heavy (non-hydrogen) atoms. The standard InChI is InChI=1S/C10H16F2N4S/c1-6(5-17-2)4-14-9-7(11)3-8(12)10(15-9)16-13/h3,6H,4-5,13H2,1-2H3,(H2,14,15,16). The fourth-order valence-corrected chi connectivity index (χ4v) is 1.99. The van der Waals surface area contributed by atoms with E-state index in [4.69, 9.17) is 5.84 Å². The van der Waals surface area contributed by atoms with Gasteiger partial charge in [-0.2, -0.15) is 11.8 Å². The second kappa shape index (κ2) is 6.61. The molecule has 1 unspecified atom stereocenters. The first kappa shape index (κ1) is 14.0. The molecule has 7 heteroatoms. The van der Waals surface area contributed by atoms with Crippen LogP contribution in [0.3, 0.4) is 0 Å². The first-order valence-corrected chi connectivity index (χ1v) is 6.53. The van der Waals surface area contributed by atoms with Gasteiger partial charge in [0.15, 0.2) is 23.3 Å². The maximum absolute atomic E-state index is 13.4. The van der Waals surface area contributed by atoms with Crippen LogP contribution in [0.2, 0.25) is 0 Å². The third kappa shape index (κ3) is 4.01. The van der Waals surface area contributed by atoms with Crippen LogP contribution in [-0.4, -0.2) is 23.5 Å². The molecule has 0 aliphatic rings. The van der Waals surface area contributed by atoms with Crippen LogP contribution in [0.4, 0.5) is 20.4 Å². The highest BCUT2D eigenvalue weighted by atomic mass is 32.2. The van der Waals surface area contributed by atoms with Crippen LogP contribution in [0.15, 0.2) is 6.07 Å². The minimum Gasteiger partial charge on any atom is -0.367 e. The molecule has 4 nitrogen and oxygen atoms in total. The zero-order valence-corrected chi connectivity index (χ0v) is 10.6. The Bertz CT molecular complexity index is 376. The summed E-state index contributed by atoms with van der Waals surface area (Å²) in [6, 6.07) is 0.754. The number of halogens is 2. The van der Waals surface area contributed by atoms with E-state index in [-0.39, 0.29) is 11.6 Å². The summed E-state index contributed by atoms with van der Waals surface area (Å²) in [5.74, 6) is 4.69. The molecule has 0 saturated carbocycles. The van der Waals surface area contributed by atoms with Crippen molar-refractivity contribution in [2.24, 2.45) is 11.8 Å². The van der Waals surface area contributed by atoms with Crippen molar-refractivity contribution in [3.05, 3.63) is 17.7 Å². The maximum Gasteiger partial charge on any atom is 0.178 e. The molecule has 1 rings (SSSR count). The van der Waals surface area contributed by atoms with Crippen molar-refractivity contribution < 1.29 is 8.78 Å². The van der Waals surface area contributed by atoms with Gasteiger partial charge < -0.3 is 10.7 Å². The smallest absolute Gasteiger partial charge is 0.178 e. The number of rotatable bonds is 6. The van der Waals surface area contributed by atoms with Gasteiger partial charge in [-0.15, -0.1) is 0 Å². The van der Waals surface area contributed by atoms with Gasteiger partial charge in [0.2, 0.25) is 0 Å². The van der Waals surface area contributed by atoms with E-state index in [0.717, 1.165) is 11.8 Å². The third-order valence-corrected chi connectivity index (χ3v) is 3.04. The zero-order chi connectivity index (χ0) is 12.8. The largest absolute Gasteiger partial charge is 0.367 e. The van der Waals surface area contributed by atoms with Gasteiger partial charge in [-0.3, -0.25) is 0 Å². The normalized spacial score (nSPS) is 12.3. The number of hydrogen-bond donors (Lipinski definition) is 3. The predicted molar refractivity (Wildman–Crippen MR) is 68.0 cm³/mol. The fraction of sp³-hybridized carbons (Fsp3) is 0.500. The number of pyridine rings is 1. The van der Waals surface area contributed by atoms with E-state index in [9.17, 15) is 8.78 Å². The van der Waals surface area contributed by atoms with E-state index >= 15 is 0 Å². The molecule has 0 bridgehead atoms. The molecule has 0 aliphatic carbocycles. The SMILES string of the molecule is CSCC(C)CNc1nc(NN)c(F)cc1F. The van der Waals surface area contributed by atoms with Crippen molar-refractivity contribution in [3.63, 3.8) is 0 Å². The summed E-state index contributed by atoms with van der Waals surface area (Å²) in [5, 5.41) is 2.84. The lowest BCUT2D eigenvalue weighted by Crippen LogP contribution is -2.17. The number of aromatic nitrogens is 1. The van der Waals surface area contributed by atoms with E-state index in [1.807, 2.05) is 13.2 Å². The highest BCUT2D eigenvalue weighted by molar-refractivity contribution is 7.98. The van der Waals surface area contributed by atoms with E-state index in [2.05, 4.69) is 15.7 Å². The Kier molecular flexibility index (Phi) is 5.43. The number of hydrazine groups is 1. The van der Waals surface area contributed by atoms with Crippen LogP contribution < -0.4 is 16.6 Å². The number of nitrogens with zero attached hydrogens (tertiary/aromatic N) is 1. The van der Waals surface area contributed by atoms with Gasteiger partial charge in [0, 0.05) is 12.6 Å². The Morgan fingerprint density at radius 1 is 1.41 bits per heavy atom. The van der Waals surface area contributed by atoms with Gasteiger partial charge in [0.1, 0.15) is 0 Å². The summed E-state index contributed by atoms with van der Waals surface area (Å²) >= 11 is 1.71. The summed E-state index contributed by atoms with van der Waals surface area (Å²) in [4.78, 5) is 3.72. The van der Waals surface area contributed by atoms with Crippen molar-refractivity contribution in [2.45, 2.75) is 6.92 Å². The van der Waals surface area contributed by atoms with Crippen LogP contribution in [-0.2, 0) is 0 Å². The molecule has 4 N–H and O–H groups in total. The van der Waals surface area contributed by atoms with E-state index in [0.29, 0.717) is 12.5 Å². The van der Waals surface area contributed by atoms with Crippen molar-refractivity contribution in [1.29, 1.82) is 0 Å². The van der Waals surface area contributed by atoms with Crippen molar-refractivity contribution in [1.82, 2.24) is 4.98 Å².